The second-order valence-corrected chi connectivity index (χ2v) is 4.79. The molecule has 1 unspecified atom stereocenters. The number of aliphatic carboxylic acids is 1. The van der Waals surface area contributed by atoms with Crippen LogP contribution in [0.1, 0.15) is 39.5 Å². The van der Waals surface area contributed by atoms with Crippen molar-refractivity contribution < 1.29 is 14.7 Å². The van der Waals surface area contributed by atoms with Crippen LogP contribution >= 0.6 is 0 Å². The first-order valence-corrected chi connectivity index (χ1v) is 6.86. The molecule has 0 aromatic heterocycles. The van der Waals surface area contributed by atoms with Crippen LogP contribution in [0.2, 0.25) is 0 Å². The molecule has 5 heteroatoms. The quantitative estimate of drug-likeness (QED) is 0.599. The highest BCUT2D eigenvalue weighted by molar-refractivity contribution is 5.74. The number of hydrogen-bond donors (Lipinski definition) is 2. The highest BCUT2D eigenvalue weighted by atomic mass is 16.4. The molecule has 1 atom stereocenters. The Balaban J connectivity index is 3.87. The summed E-state index contributed by atoms with van der Waals surface area (Å²) in [6.07, 6.45) is 4.26. The average molecular weight is 270 g/mol. The molecule has 0 aliphatic heterocycles. The third-order valence-electron chi connectivity index (χ3n) is 2.89. The molecule has 5 nitrogen and oxygen atoms in total. The molecule has 0 aromatic carbocycles. The molecule has 0 rings (SSSR count). The molecule has 0 spiro atoms. The Morgan fingerprint density at radius 3 is 2.63 bits per heavy atom. The van der Waals surface area contributed by atoms with Gasteiger partial charge in [0.15, 0.2) is 0 Å². The van der Waals surface area contributed by atoms with E-state index < -0.39 is 5.97 Å². The van der Waals surface area contributed by atoms with Crippen LogP contribution < -0.4 is 5.32 Å². The fourth-order valence-electron chi connectivity index (χ4n) is 1.75. The molecule has 0 fully saturated rings. The van der Waals surface area contributed by atoms with E-state index >= 15 is 0 Å². The lowest BCUT2D eigenvalue weighted by Gasteiger charge is -2.21. The van der Waals surface area contributed by atoms with Crippen LogP contribution in [0.15, 0.2) is 12.7 Å². The zero-order valence-electron chi connectivity index (χ0n) is 12.0. The summed E-state index contributed by atoms with van der Waals surface area (Å²) in [6.45, 7) is 9.51. The average Bonchev–Trinajstić information content (AvgIpc) is 2.36. The van der Waals surface area contributed by atoms with E-state index in [4.69, 9.17) is 5.11 Å². The van der Waals surface area contributed by atoms with Crippen LogP contribution in [-0.4, -0.2) is 41.6 Å². The molecule has 110 valence electrons. The lowest BCUT2D eigenvalue weighted by molar-refractivity contribution is -0.137. The Hall–Kier alpha value is -1.52. The number of amides is 2. The van der Waals surface area contributed by atoms with Crippen LogP contribution in [0, 0.1) is 5.92 Å². The monoisotopic (exact) mass is 270 g/mol. The van der Waals surface area contributed by atoms with Gasteiger partial charge in [-0.3, -0.25) is 4.79 Å². The van der Waals surface area contributed by atoms with E-state index in [-0.39, 0.29) is 12.5 Å². The van der Waals surface area contributed by atoms with E-state index in [1.165, 1.54) is 0 Å². The first-order chi connectivity index (χ1) is 9.01. The zero-order valence-corrected chi connectivity index (χ0v) is 12.0. The molecule has 2 N–H and O–H groups in total. The van der Waals surface area contributed by atoms with E-state index in [1.807, 2.05) is 13.8 Å². The minimum Gasteiger partial charge on any atom is -0.481 e. The third-order valence-corrected chi connectivity index (χ3v) is 2.89. The summed E-state index contributed by atoms with van der Waals surface area (Å²) in [5.74, 6) is -0.466. The van der Waals surface area contributed by atoms with Crippen molar-refractivity contribution >= 4 is 12.0 Å². The lowest BCUT2D eigenvalue weighted by Crippen LogP contribution is -2.41. The molecule has 0 saturated carbocycles. The summed E-state index contributed by atoms with van der Waals surface area (Å²) < 4.78 is 0. The van der Waals surface area contributed by atoms with Crippen molar-refractivity contribution in [1.29, 1.82) is 0 Å². The molecular formula is C14H26N2O3. The van der Waals surface area contributed by atoms with Crippen molar-refractivity contribution in [2.24, 2.45) is 5.92 Å². The van der Waals surface area contributed by atoms with Crippen LogP contribution in [0.3, 0.4) is 0 Å². The molecule has 0 saturated heterocycles. The molecule has 0 radical (unpaired) electrons. The van der Waals surface area contributed by atoms with Crippen LogP contribution in [0.5, 0.6) is 0 Å². The van der Waals surface area contributed by atoms with E-state index in [0.29, 0.717) is 32.0 Å². The van der Waals surface area contributed by atoms with Gasteiger partial charge in [0.1, 0.15) is 0 Å². The van der Waals surface area contributed by atoms with Gasteiger partial charge in [0, 0.05) is 26.1 Å². The van der Waals surface area contributed by atoms with Crippen LogP contribution in [-0.2, 0) is 4.79 Å². The normalized spacial score (nSPS) is 11.7. The Bertz CT molecular complexity index is 292. The lowest BCUT2D eigenvalue weighted by atomic mass is 10.0. The maximum absolute atomic E-state index is 11.8. The van der Waals surface area contributed by atoms with Gasteiger partial charge in [-0.1, -0.05) is 19.9 Å². The minimum absolute atomic E-state index is 0.0767. The Labute approximate surface area is 115 Å². The van der Waals surface area contributed by atoms with Crippen molar-refractivity contribution in [3.05, 3.63) is 12.7 Å². The summed E-state index contributed by atoms with van der Waals surface area (Å²) in [5, 5.41) is 11.4. The van der Waals surface area contributed by atoms with Crippen molar-refractivity contribution in [3.8, 4) is 0 Å². The van der Waals surface area contributed by atoms with Crippen molar-refractivity contribution in [2.45, 2.75) is 39.5 Å². The molecule has 2 amide bonds. The van der Waals surface area contributed by atoms with Crippen LogP contribution in [0.4, 0.5) is 4.79 Å². The SMILES string of the molecule is C=CCN(CCC)C(=O)NCCC(C)CCC(=O)O. The Kier molecular flexibility index (Phi) is 9.57. The number of carbonyl (C=O) groups is 2. The van der Waals surface area contributed by atoms with Gasteiger partial charge in [0.05, 0.1) is 0 Å². The Morgan fingerprint density at radius 1 is 1.42 bits per heavy atom. The molecule has 0 heterocycles. The van der Waals surface area contributed by atoms with Crippen molar-refractivity contribution in [1.82, 2.24) is 10.2 Å². The number of rotatable bonds is 10. The van der Waals surface area contributed by atoms with Gasteiger partial charge in [-0.15, -0.1) is 6.58 Å². The van der Waals surface area contributed by atoms with Crippen LogP contribution in [0.25, 0.3) is 0 Å². The van der Waals surface area contributed by atoms with E-state index in [1.54, 1.807) is 11.0 Å². The number of carbonyl (C=O) groups excluding carboxylic acids is 1. The number of nitrogens with one attached hydrogen (secondary N) is 1. The van der Waals surface area contributed by atoms with Gasteiger partial charge < -0.3 is 15.3 Å². The summed E-state index contributed by atoms with van der Waals surface area (Å²) in [7, 11) is 0. The number of nitrogens with zero attached hydrogens (tertiary/aromatic N) is 1. The topological polar surface area (TPSA) is 69.6 Å². The first-order valence-electron chi connectivity index (χ1n) is 6.86. The summed E-state index contributed by atoms with van der Waals surface area (Å²) in [6, 6.07) is -0.0767. The van der Waals surface area contributed by atoms with E-state index in [2.05, 4.69) is 11.9 Å². The molecule has 0 aromatic rings. The predicted molar refractivity (Wildman–Crippen MR) is 76.1 cm³/mol. The second kappa shape index (κ2) is 10.4. The smallest absolute Gasteiger partial charge is 0.317 e. The Morgan fingerprint density at radius 2 is 2.11 bits per heavy atom. The summed E-state index contributed by atoms with van der Waals surface area (Å²) in [5.41, 5.74) is 0. The van der Waals surface area contributed by atoms with E-state index in [0.717, 1.165) is 12.8 Å². The maximum Gasteiger partial charge on any atom is 0.317 e. The fraction of sp³-hybridized carbons (Fsp3) is 0.714. The highest BCUT2D eigenvalue weighted by Gasteiger charge is 2.11. The molecule has 19 heavy (non-hydrogen) atoms. The maximum atomic E-state index is 11.8. The fourth-order valence-corrected chi connectivity index (χ4v) is 1.75. The summed E-state index contributed by atoms with van der Waals surface area (Å²) in [4.78, 5) is 24.0. The largest absolute Gasteiger partial charge is 0.481 e. The van der Waals surface area contributed by atoms with Gasteiger partial charge in [-0.2, -0.15) is 0 Å². The molecule has 0 bridgehead atoms. The van der Waals surface area contributed by atoms with Gasteiger partial charge in [0.2, 0.25) is 0 Å². The number of carboxylic acids is 1. The van der Waals surface area contributed by atoms with Gasteiger partial charge in [0.25, 0.3) is 0 Å². The van der Waals surface area contributed by atoms with Crippen molar-refractivity contribution in [2.75, 3.05) is 19.6 Å². The number of carboxylic acid groups (broad SMARTS) is 1. The number of hydrogen-bond acceptors (Lipinski definition) is 2. The molecular weight excluding hydrogens is 244 g/mol. The van der Waals surface area contributed by atoms with Gasteiger partial charge in [-0.25, -0.2) is 4.79 Å². The highest BCUT2D eigenvalue weighted by Crippen LogP contribution is 2.09. The first kappa shape index (κ1) is 17.5. The summed E-state index contributed by atoms with van der Waals surface area (Å²) >= 11 is 0. The van der Waals surface area contributed by atoms with Gasteiger partial charge >= 0.3 is 12.0 Å². The molecule has 0 aliphatic rings. The number of urea groups is 1. The zero-order chi connectivity index (χ0) is 14.7. The van der Waals surface area contributed by atoms with Gasteiger partial charge in [-0.05, 0) is 25.2 Å². The predicted octanol–water partition coefficient (Wildman–Crippen LogP) is 2.49. The van der Waals surface area contributed by atoms with E-state index in [9.17, 15) is 9.59 Å². The van der Waals surface area contributed by atoms with Crippen molar-refractivity contribution in [3.63, 3.8) is 0 Å². The second-order valence-electron chi connectivity index (χ2n) is 4.79. The third kappa shape index (κ3) is 9.11. The molecule has 0 aliphatic carbocycles. The standard InChI is InChI=1S/C14H26N2O3/c1-4-10-16(11-5-2)14(19)15-9-8-12(3)6-7-13(17)18/h4,12H,1,5-11H2,2-3H3,(H,15,19)(H,17,18). The minimum atomic E-state index is -0.768.